The van der Waals surface area contributed by atoms with Crippen molar-refractivity contribution >= 4 is 9.84 Å². The minimum Gasteiger partial charge on any atom is -0.492 e. The summed E-state index contributed by atoms with van der Waals surface area (Å²) in [5, 5.41) is 8.56. The van der Waals surface area contributed by atoms with E-state index in [0.29, 0.717) is 0 Å². The molecule has 0 heterocycles. The number of aliphatic hydroxyl groups is 1. The van der Waals surface area contributed by atoms with E-state index in [1.807, 2.05) is 0 Å². The Morgan fingerprint density at radius 1 is 1.42 bits per heavy atom. The summed E-state index contributed by atoms with van der Waals surface area (Å²) in [6, 6.07) is 4.13. The quantitative estimate of drug-likeness (QED) is 0.820. The lowest BCUT2D eigenvalue weighted by Crippen LogP contribution is -2.12. The van der Waals surface area contributed by atoms with E-state index in [1.165, 1.54) is 12.1 Å². The summed E-state index contributed by atoms with van der Waals surface area (Å²) in [5.74, 6) is 4.80. The Morgan fingerprint density at radius 3 is 2.74 bits per heavy atom. The van der Waals surface area contributed by atoms with E-state index in [2.05, 4.69) is 11.8 Å². The molecule has 0 bridgehead atoms. The average molecular weight is 286 g/mol. The van der Waals surface area contributed by atoms with Gasteiger partial charge in [0.15, 0.2) is 9.84 Å². The summed E-state index contributed by atoms with van der Waals surface area (Å²) >= 11 is 0. The number of hydrogen-bond donors (Lipinski definition) is 1. The molecule has 0 spiro atoms. The topological polar surface area (TPSA) is 63.6 Å². The predicted molar refractivity (Wildman–Crippen MR) is 70.2 cm³/mol. The number of sulfone groups is 1. The second-order valence-electron chi connectivity index (χ2n) is 3.90. The highest BCUT2D eigenvalue weighted by Gasteiger charge is 2.05. The lowest BCUT2D eigenvalue weighted by Gasteiger charge is -2.05. The fourth-order valence-corrected chi connectivity index (χ4v) is 1.60. The second-order valence-corrected chi connectivity index (χ2v) is 6.16. The molecule has 0 unspecified atom stereocenters. The number of ether oxygens (including phenoxy) is 1. The van der Waals surface area contributed by atoms with Crippen molar-refractivity contribution in [3.05, 3.63) is 29.6 Å². The van der Waals surface area contributed by atoms with Gasteiger partial charge in [-0.15, -0.1) is 0 Å². The number of aliphatic hydroxyl groups excluding tert-OH is 1. The zero-order valence-corrected chi connectivity index (χ0v) is 11.3. The van der Waals surface area contributed by atoms with E-state index < -0.39 is 15.7 Å². The maximum atomic E-state index is 13.6. The lowest BCUT2D eigenvalue weighted by atomic mass is 10.2. The van der Waals surface area contributed by atoms with Crippen LogP contribution >= 0.6 is 0 Å². The number of halogens is 1. The molecule has 1 rings (SSSR count). The van der Waals surface area contributed by atoms with Gasteiger partial charge in [-0.25, -0.2) is 12.8 Å². The van der Waals surface area contributed by atoms with Crippen LogP contribution in [0.2, 0.25) is 0 Å². The van der Waals surface area contributed by atoms with Gasteiger partial charge in [0.2, 0.25) is 0 Å². The summed E-state index contributed by atoms with van der Waals surface area (Å²) in [4.78, 5) is 0. The molecule has 0 aromatic heterocycles. The lowest BCUT2D eigenvalue weighted by molar-refractivity contribution is 0.305. The van der Waals surface area contributed by atoms with E-state index in [1.54, 1.807) is 0 Å². The molecule has 0 fully saturated rings. The van der Waals surface area contributed by atoms with Crippen molar-refractivity contribution in [3.8, 4) is 17.6 Å². The molecule has 0 aliphatic rings. The molecule has 0 saturated carbocycles. The fraction of sp³-hybridized carbons (Fsp3) is 0.385. The standard InChI is InChI=1S/C13H15FO4S/c1-19(16,17)9-8-18-12-6-5-11(13(14)10-12)4-2-3-7-15/h5-6,10,15H,3,7-9H2,1H3. The summed E-state index contributed by atoms with van der Waals surface area (Å²) in [7, 11) is -3.09. The van der Waals surface area contributed by atoms with Gasteiger partial charge in [0.1, 0.15) is 18.2 Å². The van der Waals surface area contributed by atoms with Gasteiger partial charge in [-0.05, 0) is 12.1 Å². The number of benzene rings is 1. The van der Waals surface area contributed by atoms with Gasteiger partial charge in [-0.3, -0.25) is 0 Å². The Hall–Kier alpha value is -1.58. The Bertz CT molecular complexity index is 584. The van der Waals surface area contributed by atoms with Crippen LogP contribution in [0.3, 0.4) is 0 Å². The van der Waals surface area contributed by atoms with Crippen molar-refractivity contribution in [2.45, 2.75) is 6.42 Å². The Kier molecular flexibility index (Phi) is 5.80. The van der Waals surface area contributed by atoms with Gasteiger partial charge >= 0.3 is 0 Å². The van der Waals surface area contributed by atoms with Crippen LogP contribution in [0.15, 0.2) is 18.2 Å². The van der Waals surface area contributed by atoms with Crippen LogP contribution in [0.1, 0.15) is 12.0 Å². The van der Waals surface area contributed by atoms with Gasteiger partial charge in [0, 0.05) is 18.7 Å². The van der Waals surface area contributed by atoms with Crippen LogP contribution in [0.5, 0.6) is 5.75 Å². The van der Waals surface area contributed by atoms with Gasteiger partial charge in [0.05, 0.1) is 17.9 Å². The fourth-order valence-electron chi connectivity index (χ4n) is 1.21. The first kappa shape index (κ1) is 15.5. The highest BCUT2D eigenvalue weighted by molar-refractivity contribution is 7.90. The first-order valence-electron chi connectivity index (χ1n) is 5.62. The average Bonchev–Trinajstić information content (AvgIpc) is 2.30. The van der Waals surface area contributed by atoms with E-state index in [-0.39, 0.29) is 36.7 Å². The molecule has 1 N–H and O–H groups in total. The maximum absolute atomic E-state index is 13.6. The zero-order chi connectivity index (χ0) is 14.3. The molecule has 0 aliphatic heterocycles. The molecule has 0 amide bonds. The molecular weight excluding hydrogens is 271 g/mol. The number of rotatable bonds is 5. The summed E-state index contributed by atoms with van der Waals surface area (Å²) in [6.45, 7) is -0.0882. The largest absolute Gasteiger partial charge is 0.492 e. The monoisotopic (exact) mass is 286 g/mol. The van der Waals surface area contributed by atoms with Crippen molar-refractivity contribution < 1.29 is 22.7 Å². The third kappa shape index (κ3) is 6.22. The molecule has 1 aromatic carbocycles. The van der Waals surface area contributed by atoms with Crippen LogP contribution in [0.4, 0.5) is 4.39 Å². The molecule has 0 radical (unpaired) electrons. The van der Waals surface area contributed by atoms with Gasteiger partial charge in [0.25, 0.3) is 0 Å². The zero-order valence-electron chi connectivity index (χ0n) is 10.5. The van der Waals surface area contributed by atoms with E-state index in [9.17, 15) is 12.8 Å². The molecule has 6 heteroatoms. The Morgan fingerprint density at radius 2 is 2.16 bits per heavy atom. The molecular formula is C13H15FO4S. The Balaban J connectivity index is 2.65. The Labute approximate surface area is 112 Å². The smallest absolute Gasteiger partial charge is 0.150 e. The summed E-state index contributed by atoms with van der Waals surface area (Å²) in [5.41, 5.74) is 0.212. The molecule has 4 nitrogen and oxygen atoms in total. The molecule has 0 aliphatic carbocycles. The normalized spacial score (nSPS) is 10.7. The van der Waals surface area contributed by atoms with Crippen LogP contribution in [-0.4, -0.2) is 38.7 Å². The first-order valence-corrected chi connectivity index (χ1v) is 7.68. The summed E-state index contributed by atoms with van der Waals surface area (Å²) < 4.78 is 40.5. The SMILES string of the molecule is CS(=O)(=O)CCOc1ccc(C#CCCO)c(F)c1. The van der Waals surface area contributed by atoms with Crippen molar-refractivity contribution in [1.29, 1.82) is 0 Å². The first-order chi connectivity index (χ1) is 8.92. The van der Waals surface area contributed by atoms with E-state index in [4.69, 9.17) is 9.84 Å². The van der Waals surface area contributed by atoms with Crippen molar-refractivity contribution in [3.63, 3.8) is 0 Å². The van der Waals surface area contributed by atoms with Crippen molar-refractivity contribution in [2.75, 3.05) is 25.2 Å². The highest BCUT2D eigenvalue weighted by Crippen LogP contribution is 2.16. The highest BCUT2D eigenvalue weighted by atomic mass is 32.2. The molecule has 1 aromatic rings. The third-order valence-electron chi connectivity index (χ3n) is 2.12. The van der Waals surface area contributed by atoms with Gasteiger partial charge in [-0.1, -0.05) is 11.8 Å². The molecule has 19 heavy (non-hydrogen) atoms. The van der Waals surface area contributed by atoms with Crippen molar-refractivity contribution in [1.82, 2.24) is 0 Å². The van der Waals surface area contributed by atoms with E-state index in [0.717, 1.165) is 12.3 Å². The van der Waals surface area contributed by atoms with Crippen LogP contribution in [0, 0.1) is 17.7 Å². The predicted octanol–water partition coefficient (Wildman–Crippen LogP) is 0.983. The second kappa shape index (κ2) is 7.12. The van der Waals surface area contributed by atoms with Crippen LogP contribution in [0.25, 0.3) is 0 Å². The molecule has 0 atom stereocenters. The van der Waals surface area contributed by atoms with Crippen molar-refractivity contribution in [2.24, 2.45) is 0 Å². The van der Waals surface area contributed by atoms with Gasteiger partial charge < -0.3 is 9.84 Å². The van der Waals surface area contributed by atoms with Gasteiger partial charge in [-0.2, -0.15) is 0 Å². The molecule has 0 saturated heterocycles. The molecule has 104 valence electrons. The summed E-state index contributed by atoms with van der Waals surface area (Å²) in [6.07, 6.45) is 1.39. The van der Waals surface area contributed by atoms with E-state index >= 15 is 0 Å². The minimum atomic E-state index is -3.09. The maximum Gasteiger partial charge on any atom is 0.150 e. The minimum absolute atomic E-state index is 0.0200. The van der Waals surface area contributed by atoms with Crippen LogP contribution < -0.4 is 4.74 Å². The third-order valence-corrected chi connectivity index (χ3v) is 3.03. The van der Waals surface area contributed by atoms with Crippen LogP contribution in [-0.2, 0) is 9.84 Å². The number of hydrogen-bond acceptors (Lipinski definition) is 4.